The molecule has 3 nitrogen and oxygen atoms in total. The van der Waals surface area contributed by atoms with Crippen LogP contribution in [0.4, 0.5) is 0 Å². The molecule has 15 heavy (non-hydrogen) atoms. The van der Waals surface area contributed by atoms with Gasteiger partial charge in [0.05, 0.1) is 17.2 Å². The minimum atomic E-state index is -0.111. The van der Waals surface area contributed by atoms with E-state index in [1.807, 2.05) is 13.8 Å². The van der Waals surface area contributed by atoms with Gasteiger partial charge in [0.1, 0.15) is 5.76 Å². The molecule has 0 saturated carbocycles. The molecule has 0 bridgehead atoms. The quantitative estimate of drug-likeness (QED) is 0.789. The number of rotatable bonds is 5. The molecule has 1 amide bonds. The number of hydrogen-bond donors (Lipinski definition) is 1. The summed E-state index contributed by atoms with van der Waals surface area (Å²) in [5, 5.41) is 2.77. The minimum Gasteiger partial charge on any atom is -0.469 e. The Labute approximate surface area is 94.8 Å². The summed E-state index contributed by atoms with van der Waals surface area (Å²) in [6.45, 7) is 4.43. The molecule has 0 aliphatic rings. The van der Waals surface area contributed by atoms with Gasteiger partial charge < -0.3 is 9.73 Å². The van der Waals surface area contributed by atoms with Crippen molar-refractivity contribution in [2.24, 2.45) is 0 Å². The van der Waals surface area contributed by atoms with Gasteiger partial charge in [-0.3, -0.25) is 4.79 Å². The largest absolute Gasteiger partial charge is 0.469 e. The zero-order valence-electron chi connectivity index (χ0n) is 9.05. The summed E-state index contributed by atoms with van der Waals surface area (Å²) >= 11 is 5.91. The Balaban J connectivity index is 2.54. The first-order valence-corrected chi connectivity index (χ1v) is 5.61. The smallest absolute Gasteiger partial charge is 0.254 e. The molecule has 1 atom stereocenters. The maximum atomic E-state index is 11.7. The Bertz CT molecular complexity index is 322. The van der Waals surface area contributed by atoms with Crippen LogP contribution in [-0.2, 0) is 6.42 Å². The molecular weight excluding hydrogens is 214 g/mol. The Morgan fingerprint density at radius 1 is 1.60 bits per heavy atom. The van der Waals surface area contributed by atoms with Crippen molar-refractivity contribution < 1.29 is 9.21 Å². The topological polar surface area (TPSA) is 42.2 Å². The molecule has 0 fully saturated rings. The number of hydrogen-bond acceptors (Lipinski definition) is 2. The molecule has 0 radical (unpaired) electrons. The summed E-state index contributed by atoms with van der Waals surface area (Å²) in [5.74, 6) is 0.606. The highest BCUT2D eigenvalue weighted by Crippen LogP contribution is 2.11. The van der Waals surface area contributed by atoms with Gasteiger partial charge in [-0.05, 0) is 12.5 Å². The fourth-order valence-corrected chi connectivity index (χ4v) is 1.34. The van der Waals surface area contributed by atoms with E-state index in [9.17, 15) is 4.79 Å². The van der Waals surface area contributed by atoms with Gasteiger partial charge in [0.15, 0.2) is 0 Å². The fourth-order valence-electron chi connectivity index (χ4n) is 1.26. The van der Waals surface area contributed by atoms with Crippen molar-refractivity contribution in [1.29, 1.82) is 0 Å². The second-order valence-electron chi connectivity index (χ2n) is 3.33. The van der Waals surface area contributed by atoms with Crippen LogP contribution in [0.25, 0.3) is 0 Å². The van der Waals surface area contributed by atoms with E-state index in [0.29, 0.717) is 18.5 Å². The van der Waals surface area contributed by atoms with Crippen LogP contribution in [0.1, 0.15) is 36.4 Å². The van der Waals surface area contributed by atoms with Crippen LogP contribution >= 0.6 is 11.6 Å². The molecule has 1 unspecified atom stereocenters. The number of furan rings is 1. The Morgan fingerprint density at radius 3 is 2.93 bits per heavy atom. The van der Waals surface area contributed by atoms with Crippen molar-refractivity contribution in [3.05, 3.63) is 23.7 Å². The van der Waals surface area contributed by atoms with Gasteiger partial charge in [-0.2, -0.15) is 0 Å². The molecular formula is C11H16ClNO2. The van der Waals surface area contributed by atoms with E-state index in [1.54, 1.807) is 6.07 Å². The van der Waals surface area contributed by atoms with Crippen LogP contribution in [0.3, 0.4) is 0 Å². The summed E-state index contributed by atoms with van der Waals surface area (Å²) in [6, 6.07) is 1.68. The van der Waals surface area contributed by atoms with Crippen molar-refractivity contribution >= 4 is 17.5 Å². The molecule has 0 spiro atoms. The molecule has 1 heterocycles. The van der Waals surface area contributed by atoms with Gasteiger partial charge in [0.25, 0.3) is 5.91 Å². The number of carbonyl (C=O) groups is 1. The average Bonchev–Trinajstić information content (AvgIpc) is 2.73. The lowest BCUT2D eigenvalue weighted by Gasteiger charge is -2.08. The Hall–Kier alpha value is -0.960. The second kappa shape index (κ2) is 5.81. The third-order valence-corrected chi connectivity index (χ3v) is 2.70. The molecule has 1 aromatic heterocycles. The Morgan fingerprint density at radius 2 is 2.33 bits per heavy atom. The van der Waals surface area contributed by atoms with Gasteiger partial charge in [0, 0.05) is 13.0 Å². The van der Waals surface area contributed by atoms with E-state index >= 15 is 0 Å². The van der Waals surface area contributed by atoms with Crippen molar-refractivity contribution in [3.63, 3.8) is 0 Å². The van der Waals surface area contributed by atoms with Gasteiger partial charge in [-0.25, -0.2) is 0 Å². The zero-order chi connectivity index (χ0) is 11.3. The van der Waals surface area contributed by atoms with Crippen molar-refractivity contribution in [1.82, 2.24) is 5.32 Å². The number of aryl methyl sites for hydroxylation is 1. The maximum absolute atomic E-state index is 11.7. The van der Waals surface area contributed by atoms with Gasteiger partial charge in [-0.1, -0.05) is 13.8 Å². The van der Waals surface area contributed by atoms with E-state index < -0.39 is 0 Å². The molecule has 0 aromatic carbocycles. The highest BCUT2D eigenvalue weighted by molar-refractivity contribution is 6.20. The minimum absolute atomic E-state index is 0.00840. The van der Waals surface area contributed by atoms with Gasteiger partial charge in [0.2, 0.25) is 0 Å². The lowest BCUT2D eigenvalue weighted by Crippen LogP contribution is -2.29. The van der Waals surface area contributed by atoms with Crippen LogP contribution in [0.5, 0.6) is 0 Å². The molecule has 4 heteroatoms. The third kappa shape index (κ3) is 3.27. The fraction of sp³-hybridized carbons (Fsp3) is 0.545. The summed E-state index contributed by atoms with van der Waals surface area (Å²) in [5.41, 5.74) is 0.609. The number of amides is 1. The third-order valence-electron chi connectivity index (χ3n) is 2.24. The first kappa shape index (κ1) is 12.1. The predicted molar refractivity (Wildman–Crippen MR) is 60.4 cm³/mol. The lowest BCUT2D eigenvalue weighted by atomic mass is 10.2. The average molecular weight is 230 g/mol. The van der Waals surface area contributed by atoms with Crippen LogP contribution < -0.4 is 5.32 Å². The molecule has 1 aromatic rings. The zero-order valence-corrected chi connectivity index (χ0v) is 9.80. The van der Waals surface area contributed by atoms with Crippen molar-refractivity contribution in [3.8, 4) is 0 Å². The molecule has 0 aliphatic carbocycles. The molecule has 84 valence electrons. The van der Waals surface area contributed by atoms with Crippen molar-refractivity contribution in [2.75, 3.05) is 6.54 Å². The summed E-state index contributed by atoms with van der Waals surface area (Å²) in [6.07, 6.45) is 3.09. The lowest BCUT2D eigenvalue weighted by molar-refractivity contribution is 0.0951. The predicted octanol–water partition coefficient (Wildman–Crippen LogP) is 2.59. The number of alkyl halides is 1. The van der Waals surface area contributed by atoms with E-state index in [0.717, 1.165) is 12.2 Å². The highest BCUT2D eigenvalue weighted by atomic mass is 35.5. The van der Waals surface area contributed by atoms with Crippen molar-refractivity contribution in [2.45, 2.75) is 32.1 Å². The second-order valence-corrected chi connectivity index (χ2v) is 3.94. The summed E-state index contributed by atoms with van der Waals surface area (Å²) in [4.78, 5) is 11.7. The van der Waals surface area contributed by atoms with Crippen LogP contribution in [-0.4, -0.2) is 17.8 Å². The molecule has 1 N–H and O–H groups in total. The highest BCUT2D eigenvalue weighted by Gasteiger charge is 2.13. The first-order chi connectivity index (χ1) is 7.19. The molecule has 0 saturated heterocycles. The normalized spacial score (nSPS) is 12.5. The SMILES string of the molecule is CCc1occc1C(=O)NCC(Cl)CC. The molecule has 1 rings (SSSR count). The number of carbonyl (C=O) groups excluding carboxylic acids is 1. The van der Waals surface area contributed by atoms with Crippen LogP contribution in [0.15, 0.2) is 16.7 Å². The van der Waals surface area contributed by atoms with E-state index in [4.69, 9.17) is 16.0 Å². The van der Waals surface area contributed by atoms with Gasteiger partial charge in [-0.15, -0.1) is 11.6 Å². The van der Waals surface area contributed by atoms with E-state index in [-0.39, 0.29) is 11.3 Å². The maximum Gasteiger partial charge on any atom is 0.254 e. The summed E-state index contributed by atoms with van der Waals surface area (Å²) in [7, 11) is 0. The summed E-state index contributed by atoms with van der Waals surface area (Å²) < 4.78 is 5.17. The molecule has 0 aliphatic heterocycles. The number of halogens is 1. The van der Waals surface area contributed by atoms with Gasteiger partial charge >= 0.3 is 0 Å². The van der Waals surface area contributed by atoms with Crippen LogP contribution in [0.2, 0.25) is 0 Å². The monoisotopic (exact) mass is 229 g/mol. The first-order valence-electron chi connectivity index (χ1n) is 5.17. The van der Waals surface area contributed by atoms with E-state index in [1.165, 1.54) is 6.26 Å². The Kier molecular flexibility index (Phi) is 4.69. The van der Waals surface area contributed by atoms with E-state index in [2.05, 4.69) is 5.32 Å². The number of nitrogens with one attached hydrogen (secondary N) is 1. The standard InChI is InChI=1S/C11H16ClNO2/c1-3-8(12)7-13-11(14)9-5-6-15-10(9)4-2/h5-6,8H,3-4,7H2,1-2H3,(H,13,14). The van der Waals surface area contributed by atoms with Crippen LogP contribution in [0, 0.1) is 0 Å².